The molecular weight excluding hydrogens is 350 g/mol. The number of hydrogen-bond donors (Lipinski definition) is 3. The lowest BCUT2D eigenvalue weighted by Gasteiger charge is -2.17. The van der Waals surface area contributed by atoms with Crippen molar-refractivity contribution in [3.63, 3.8) is 0 Å². The third kappa shape index (κ3) is 6.57. The van der Waals surface area contributed by atoms with Gasteiger partial charge in [0.2, 0.25) is 0 Å². The molecule has 1 rings (SSSR count). The molecule has 0 saturated heterocycles. The van der Waals surface area contributed by atoms with Crippen LogP contribution in [0.5, 0.6) is 5.75 Å². The standard InChI is InChI=1S/C14H17F4N3O2S/c1-8(2)7-19-13(24)21-20-11(22)9-4-3-5-10(6-9)23-14(17,18)12(15)16/h3-6,8,12H,7H2,1-2H3,(H,20,22)(H2,19,21,24). The van der Waals surface area contributed by atoms with Gasteiger partial charge >= 0.3 is 12.5 Å². The summed E-state index contributed by atoms with van der Waals surface area (Å²) in [6, 6.07) is 4.48. The van der Waals surface area contributed by atoms with Crippen LogP contribution in [-0.4, -0.2) is 30.1 Å². The van der Waals surface area contributed by atoms with E-state index in [1.54, 1.807) is 0 Å². The molecule has 1 aromatic rings. The lowest BCUT2D eigenvalue weighted by atomic mass is 10.2. The number of benzene rings is 1. The van der Waals surface area contributed by atoms with Gasteiger partial charge in [-0.2, -0.15) is 17.6 Å². The molecule has 134 valence electrons. The van der Waals surface area contributed by atoms with Gasteiger partial charge in [0.15, 0.2) is 5.11 Å². The Bertz CT molecular complexity index is 585. The smallest absolute Gasteiger partial charge is 0.428 e. The molecule has 10 heteroatoms. The summed E-state index contributed by atoms with van der Waals surface area (Å²) in [5, 5.41) is 3.02. The van der Waals surface area contributed by atoms with Crippen LogP contribution < -0.4 is 20.9 Å². The van der Waals surface area contributed by atoms with Gasteiger partial charge in [0.1, 0.15) is 5.75 Å². The van der Waals surface area contributed by atoms with Crippen LogP contribution in [0.2, 0.25) is 0 Å². The molecule has 1 amide bonds. The van der Waals surface area contributed by atoms with Crippen molar-refractivity contribution in [2.75, 3.05) is 6.54 Å². The third-order valence-corrected chi connectivity index (χ3v) is 2.81. The molecular formula is C14H17F4N3O2S. The van der Waals surface area contributed by atoms with E-state index in [0.717, 1.165) is 12.1 Å². The summed E-state index contributed by atoms with van der Waals surface area (Å²) in [5.74, 6) is -0.922. The maximum Gasteiger partial charge on any atom is 0.461 e. The van der Waals surface area contributed by atoms with Gasteiger partial charge in [-0.3, -0.25) is 15.6 Å². The second kappa shape index (κ2) is 8.67. The van der Waals surface area contributed by atoms with Gasteiger partial charge in [0.25, 0.3) is 5.91 Å². The minimum Gasteiger partial charge on any atom is -0.428 e. The van der Waals surface area contributed by atoms with E-state index in [1.807, 2.05) is 13.8 Å². The quantitative estimate of drug-likeness (QED) is 0.410. The molecule has 0 aliphatic heterocycles. The number of carbonyl (C=O) groups is 1. The Kier molecular flexibility index (Phi) is 7.20. The van der Waals surface area contributed by atoms with Crippen LogP contribution in [0.15, 0.2) is 24.3 Å². The van der Waals surface area contributed by atoms with Crippen molar-refractivity contribution in [3.8, 4) is 5.75 Å². The first-order valence-corrected chi connectivity index (χ1v) is 7.32. The van der Waals surface area contributed by atoms with E-state index < -0.39 is 24.2 Å². The lowest BCUT2D eigenvalue weighted by molar-refractivity contribution is -0.253. The highest BCUT2D eigenvalue weighted by Crippen LogP contribution is 2.27. The van der Waals surface area contributed by atoms with Crippen molar-refractivity contribution in [1.82, 2.24) is 16.2 Å². The predicted molar refractivity (Wildman–Crippen MR) is 84.1 cm³/mol. The molecule has 0 saturated carbocycles. The lowest BCUT2D eigenvalue weighted by Crippen LogP contribution is -2.47. The van der Waals surface area contributed by atoms with Crippen molar-refractivity contribution in [2.24, 2.45) is 5.92 Å². The second-order valence-electron chi connectivity index (χ2n) is 5.18. The molecule has 3 N–H and O–H groups in total. The molecule has 5 nitrogen and oxygen atoms in total. The summed E-state index contributed by atoms with van der Waals surface area (Å²) >= 11 is 4.92. The Morgan fingerprint density at radius 1 is 1.29 bits per heavy atom. The maximum atomic E-state index is 12.9. The zero-order chi connectivity index (χ0) is 18.3. The van der Waals surface area contributed by atoms with E-state index in [9.17, 15) is 22.4 Å². The number of hydrogen-bond acceptors (Lipinski definition) is 3. The molecule has 0 fully saturated rings. The highest BCUT2D eigenvalue weighted by atomic mass is 32.1. The minimum atomic E-state index is -4.64. The second-order valence-corrected chi connectivity index (χ2v) is 5.58. The molecule has 0 aliphatic carbocycles. The molecule has 0 aromatic heterocycles. The monoisotopic (exact) mass is 367 g/mol. The van der Waals surface area contributed by atoms with Crippen molar-refractivity contribution >= 4 is 23.2 Å². The molecule has 1 aromatic carbocycles. The third-order valence-electron chi connectivity index (χ3n) is 2.56. The molecule has 0 spiro atoms. The van der Waals surface area contributed by atoms with E-state index in [2.05, 4.69) is 20.9 Å². The average Bonchev–Trinajstić information content (AvgIpc) is 2.50. The van der Waals surface area contributed by atoms with Crippen molar-refractivity contribution in [1.29, 1.82) is 0 Å². The highest BCUT2D eigenvalue weighted by Gasteiger charge is 2.44. The van der Waals surface area contributed by atoms with Crippen LogP contribution in [0.1, 0.15) is 24.2 Å². The molecule has 0 aliphatic rings. The largest absolute Gasteiger partial charge is 0.461 e. The maximum absolute atomic E-state index is 12.9. The van der Waals surface area contributed by atoms with Gasteiger partial charge in [-0.15, -0.1) is 0 Å². The number of thiocarbonyl (C=S) groups is 1. The summed E-state index contributed by atoms with van der Waals surface area (Å²) in [6.07, 6.45) is -8.63. The zero-order valence-electron chi connectivity index (χ0n) is 12.9. The van der Waals surface area contributed by atoms with Crippen LogP contribution in [0.25, 0.3) is 0 Å². The number of carbonyl (C=O) groups excluding carboxylic acids is 1. The van der Waals surface area contributed by atoms with Gasteiger partial charge in [-0.05, 0) is 36.3 Å². The molecule has 0 radical (unpaired) electrons. The Labute approximate surface area is 141 Å². The van der Waals surface area contributed by atoms with Crippen LogP contribution in [0, 0.1) is 5.92 Å². The molecule has 0 unspecified atom stereocenters. The van der Waals surface area contributed by atoms with Gasteiger partial charge in [-0.1, -0.05) is 19.9 Å². The predicted octanol–water partition coefficient (Wildman–Crippen LogP) is 2.69. The van der Waals surface area contributed by atoms with E-state index in [0.29, 0.717) is 12.5 Å². The van der Waals surface area contributed by atoms with Crippen molar-refractivity contribution < 1.29 is 27.1 Å². The number of halogens is 4. The van der Waals surface area contributed by atoms with Crippen molar-refractivity contribution in [3.05, 3.63) is 29.8 Å². The fraction of sp³-hybridized carbons (Fsp3) is 0.429. The summed E-state index contributed by atoms with van der Waals surface area (Å²) in [4.78, 5) is 11.9. The zero-order valence-corrected chi connectivity index (χ0v) is 13.7. The normalized spacial score (nSPS) is 11.3. The fourth-order valence-corrected chi connectivity index (χ4v) is 1.56. The first-order chi connectivity index (χ1) is 11.1. The Balaban J connectivity index is 2.62. The summed E-state index contributed by atoms with van der Waals surface area (Å²) < 4.78 is 53.9. The van der Waals surface area contributed by atoms with E-state index in [1.165, 1.54) is 12.1 Å². The van der Waals surface area contributed by atoms with E-state index in [-0.39, 0.29) is 10.7 Å². The number of alkyl halides is 4. The Morgan fingerprint density at radius 3 is 2.54 bits per heavy atom. The number of ether oxygens (including phenoxy) is 1. The van der Waals surface area contributed by atoms with Crippen LogP contribution >= 0.6 is 12.2 Å². The van der Waals surface area contributed by atoms with E-state index in [4.69, 9.17) is 12.2 Å². The molecule has 0 atom stereocenters. The molecule has 0 heterocycles. The van der Waals surface area contributed by atoms with Crippen LogP contribution in [0.3, 0.4) is 0 Å². The first kappa shape index (κ1) is 19.9. The molecule has 24 heavy (non-hydrogen) atoms. The van der Waals surface area contributed by atoms with E-state index >= 15 is 0 Å². The Morgan fingerprint density at radius 2 is 1.96 bits per heavy atom. The topological polar surface area (TPSA) is 62.4 Å². The number of hydrazine groups is 1. The fourth-order valence-electron chi connectivity index (χ4n) is 1.43. The Hall–Kier alpha value is -2.10. The van der Waals surface area contributed by atoms with Gasteiger partial charge < -0.3 is 10.1 Å². The van der Waals surface area contributed by atoms with Gasteiger partial charge in [-0.25, -0.2) is 0 Å². The summed E-state index contributed by atoms with van der Waals surface area (Å²) in [7, 11) is 0. The summed E-state index contributed by atoms with van der Waals surface area (Å²) in [5.41, 5.74) is 4.61. The number of rotatable bonds is 6. The minimum absolute atomic E-state index is 0.0725. The first-order valence-electron chi connectivity index (χ1n) is 6.91. The average molecular weight is 367 g/mol. The number of amides is 1. The summed E-state index contributed by atoms with van der Waals surface area (Å²) in [6.45, 7) is 4.53. The molecule has 0 bridgehead atoms. The van der Waals surface area contributed by atoms with Gasteiger partial charge in [0.05, 0.1) is 0 Å². The van der Waals surface area contributed by atoms with Crippen LogP contribution in [0.4, 0.5) is 17.6 Å². The van der Waals surface area contributed by atoms with Crippen LogP contribution in [-0.2, 0) is 0 Å². The number of nitrogens with one attached hydrogen (secondary N) is 3. The van der Waals surface area contributed by atoms with Crippen molar-refractivity contribution in [2.45, 2.75) is 26.4 Å². The highest BCUT2D eigenvalue weighted by molar-refractivity contribution is 7.80. The van der Waals surface area contributed by atoms with Gasteiger partial charge in [0, 0.05) is 12.1 Å². The SMILES string of the molecule is CC(C)CNC(=S)NNC(=O)c1cccc(OC(F)(F)C(F)F)c1.